The van der Waals surface area contributed by atoms with Crippen LogP contribution < -0.4 is 0 Å². The molecule has 39 heavy (non-hydrogen) atoms. The minimum atomic E-state index is 0.537. The molecule has 0 fully saturated rings. The van der Waals surface area contributed by atoms with Crippen molar-refractivity contribution < 1.29 is 4.42 Å². The van der Waals surface area contributed by atoms with Crippen molar-refractivity contribution in [1.29, 1.82) is 0 Å². The van der Waals surface area contributed by atoms with Gasteiger partial charge in [0.05, 0.1) is 0 Å². The second-order valence-electron chi connectivity index (χ2n) is 8.78. The van der Waals surface area contributed by atoms with Gasteiger partial charge in [0.2, 0.25) is 0 Å². The molecule has 0 amide bonds. The fourth-order valence-electron chi connectivity index (χ4n) is 4.40. The highest BCUT2D eigenvalue weighted by molar-refractivity contribution is 5.94. The Kier molecular flexibility index (Phi) is 6.41. The van der Waals surface area contributed by atoms with Crippen LogP contribution in [-0.2, 0) is 0 Å². The summed E-state index contributed by atoms with van der Waals surface area (Å²) in [5, 5.41) is 0. The van der Waals surface area contributed by atoms with Gasteiger partial charge in [0, 0.05) is 40.2 Å². The SMILES string of the molecule is C=C/C=C(\C=C)c1nc(-c2ccccc2)nc(-c2ccc(-c3cc(-c4cccnc4)c4ncoc4c3)cc2)n1. The molecule has 0 saturated carbocycles. The van der Waals surface area contributed by atoms with Crippen molar-refractivity contribution >= 4 is 16.7 Å². The van der Waals surface area contributed by atoms with Crippen LogP contribution >= 0.6 is 0 Å². The van der Waals surface area contributed by atoms with Gasteiger partial charge in [0.25, 0.3) is 0 Å². The molecule has 6 nitrogen and oxygen atoms in total. The van der Waals surface area contributed by atoms with Crippen LogP contribution in [0.15, 0.2) is 133 Å². The molecule has 3 heterocycles. The quantitative estimate of drug-likeness (QED) is 0.206. The highest BCUT2D eigenvalue weighted by Gasteiger charge is 2.14. The molecule has 3 aromatic heterocycles. The number of nitrogens with zero attached hydrogens (tertiary/aromatic N) is 5. The predicted molar refractivity (Wildman–Crippen MR) is 155 cm³/mol. The van der Waals surface area contributed by atoms with Crippen molar-refractivity contribution in [2.75, 3.05) is 0 Å². The third-order valence-corrected chi connectivity index (χ3v) is 6.33. The topological polar surface area (TPSA) is 77.6 Å². The maximum Gasteiger partial charge on any atom is 0.182 e. The number of fused-ring (bicyclic) bond motifs is 1. The molecule has 0 unspecified atom stereocenters. The molecule has 186 valence electrons. The van der Waals surface area contributed by atoms with Gasteiger partial charge in [0.15, 0.2) is 29.4 Å². The maximum absolute atomic E-state index is 5.68. The maximum atomic E-state index is 5.68. The van der Waals surface area contributed by atoms with Crippen LogP contribution in [-0.4, -0.2) is 24.9 Å². The highest BCUT2D eigenvalue weighted by atomic mass is 16.3. The first kappa shape index (κ1) is 23.9. The molecule has 0 aliphatic carbocycles. The van der Waals surface area contributed by atoms with E-state index in [9.17, 15) is 0 Å². The van der Waals surface area contributed by atoms with Gasteiger partial charge in [0.1, 0.15) is 5.52 Å². The first-order valence-electron chi connectivity index (χ1n) is 12.4. The molecule has 0 radical (unpaired) electrons. The fourth-order valence-corrected chi connectivity index (χ4v) is 4.40. The summed E-state index contributed by atoms with van der Waals surface area (Å²) in [6, 6.07) is 26.1. The van der Waals surface area contributed by atoms with Crippen molar-refractivity contribution in [3.8, 4) is 45.0 Å². The number of rotatable bonds is 7. The number of allylic oxidation sites excluding steroid dienone is 4. The summed E-state index contributed by atoms with van der Waals surface area (Å²) in [4.78, 5) is 23.0. The van der Waals surface area contributed by atoms with E-state index in [1.807, 2.05) is 72.9 Å². The van der Waals surface area contributed by atoms with E-state index < -0.39 is 0 Å². The molecule has 3 aromatic carbocycles. The summed E-state index contributed by atoms with van der Waals surface area (Å²) >= 11 is 0. The van der Waals surface area contributed by atoms with Gasteiger partial charge in [-0.2, -0.15) is 0 Å². The van der Waals surface area contributed by atoms with Gasteiger partial charge < -0.3 is 4.42 Å². The molecule has 6 rings (SSSR count). The molecule has 0 aliphatic rings. The van der Waals surface area contributed by atoms with Crippen molar-refractivity contribution in [3.63, 3.8) is 0 Å². The minimum Gasteiger partial charge on any atom is -0.443 e. The number of hydrogen-bond donors (Lipinski definition) is 0. The number of benzene rings is 3. The van der Waals surface area contributed by atoms with Crippen molar-refractivity contribution in [1.82, 2.24) is 24.9 Å². The van der Waals surface area contributed by atoms with E-state index in [1.54, 1.807) is 18.3 Å². The van der Waals surface area contributed by atoms with E-state index >= 15 is 0 Å². The zero-order valence-corrected chi connectivity index (χ0v) is 21.0. The molecule has 6 aromatic rings. The Bertz CT molecular complexity index is 1820. The third kappa shape index (κ3) is 4.79. The van der Waals surface area contributed by atoms with E-state index in [0.717, 1.165) is 50.1 Å². The van der Waals surface area contributed by atoms with Crippen LogP contribution in [0.5, 0.6) is 0 Å². The molecular weight excluding hydrogens is 482 g/mol. The monoisotopic (exact) mass is 505 g/mol. The number of aromatic nitrogens is 5. The van der Waals surface area contributed by atoms with E-state index in [2.05, 4.69) is 41.3 Å². The second-order valence-corrected chi connectivity index (χ2v) is 8.78. The summed E-state index contributed by atoms with van der Waals surface area (Å²) in [6.45, 7) is 7.73. The van der Waals surface area contributed by atoms with Gasteiger partial charge >= 0.3 is 0 Å². The molecule has 6 heteroatoms. The van der Waals surface area contributed by atoms with Crippen molar-refractivity contribution in [2.24, 2.45) is 0 Å². The number of hydrogen-bond acceptors (Lipinski definition) is 6. The number of oxazole rings is 1. The molecule has 0 atom stereocenters. The molecule has 0 bridgehead atoms. The molecular formula is C33H23N5O. The summed E-state index contributed by atoms with van der Waals surface area (Å²) in [6.07, 6.45) is 10.3. The van der Waals surface area contributed by atoms with Gasteiger partial charge in [-0.3, -0.25) is 4.98 Å². The van der Waals surface area contributed by atoms with Crippen molar-refractivity contribution in [2.45, 2.75) is 0 Å². The van der Waals surface area contributed by atoms with E-state index in [-0.39, 0.29) is 0 Å². The van der Waals surface area contributed by atoms with Crippen LogP contribution in [0.25, 0.3) is 61.7 Å². The van der Waals surface area contributed by atoms with Crippen LogP contribution in [0.1, 0.15) is 5.82 Å². The summed E-state index contributed by atoms with van der Waals surface area (Å²) in [5.74, 6) is 1.70. The third-order valence-electron chi connectivity index (χ3n) is 6.33. The lowest BCUT2D eigenvalue weighted by atomic mass is 9.98. The summed E-state index contributed by atoms with van der Waals surface area (Å²) < 4.78 is 5.68. The summed E-state index contributed by atoms with van der Waals surface area (Å²) in [5.41, 5.74) is 8.05. The number of pyridine rings is 1. The van der Waals surface area contributed by atoms with Gasteiger partial charge in [-0.05, 0) is 29.3 Å². The lowest BCUT2D eigenvalue weighted by Gasteiger charge is -2.10. The van der Waals surface area contributed by atoms with Crippen LogP contribution in [0.2, 0.25) is 0 Å². The lowest BCUT2D eigenvalue weighted by molar-refractivity contribution is 0.602. The highest BCUT2D eigenvalue weighted by Crippen LogP contribution is 2.34. The Morgan fingerprint density at radius 3 is 2.13 bits per heavy atom. The zero-order chi connectivity index (χ0) is 26.6. The Hall–Kier alpha value is -5.49. The first-order valence-corrected chi connectivity index (χ1v) is 12.4. The smallest absolute Gasteiger partial charge is 0.182 e. The van der Waals surface area contributed by atoms with Crippen LogP contribution in [0, 0.1) is 0 Å². The Morgan fingerprint density at radius 1 is 0.718 bits per heavy atom. The molecule has 0 spiro atoms. The lowest BCUT2D eigenvalue weighted by Crippen LogP contribution is -2.02. The Labute approximate surface area is 225 Å². The second kappa shape index (κ2) is 10.5. The molecule has 0 aliphatic heterocycles. The van der Waals surface area contributed by atoms with Crippen LogP contribution in [0.4, 0.5) is 0 Å². The average Bonchev–Trinajstić information content (AvgIpc) is 3.49. The fraction of sp³-hybridized carbons (Fsp3) is 0. The largest absolute Gasteiger partial charge is 0.443 e. The van der Waals surface area contributed by atoms with Gasteiger partial charge in [-0.1, -0.05) is 92.0 Å². The zero-order valence-electron chi connectivity index (χ0n) is 21.0. The van der Waals surface area contributed by atoms with E-state index in [1.165, 1.54) is 6.39 Å². The van der Waals surface area contributed by atoms with Crippen LogP contribution in [0.3, 0.4) is 0 Å². The standard InChI is InChI=1S/C33H23N5O/c1-3-9-22(4-2)31-36-32(24-10-6-5-7-11-24)38-33(37-31)25-15-13-23(14-16-25)27-18-28(26-12-8-17-34-20-26)30-29(19-27)39-21-35-30/h3-21H,1-2H2/b22-9+. The Balaban J connectivity index is 1.43. The summed E-state index contributed by atoms with van der Waals surface area (Å²) in [7, 11) is 0. The average molecular weight is 506 g/mol. The van der Waals surface area contributed by atoms with Gasteiger partial charge in [-0.15, -0.1) is 0 Å². The molecule has 0 N–H and O–H groups in total. The van der Waals surface area contributed by atoms with E-state index in [0.29, 0.717) is 17.5 Å². The van der Waals surface area contributed by atoms with Crippen molar-refractivity contribution in [3.05, 3.63) is 135 Å². The minimum absolute atomic E-state index is 0.537. The molecule has 0 saturated heterocycles. The van der Waals surface area contributed by atoms with Gasteiger partial charge in [-0.25, -0.2) is 19.9 Å². The first-order chi connectivity index (χ1) is 19.2. The van der Waals surface area contributed by atoms with E-state index in [4.69, 9.17) is 19.4 Å². The Morgan fingerprint density at radius 2 is 1.44 bits per heavy atom. The predicted octanol–water partition coefficient (Wildman–Crippen LogP) is 7.83. The normalized spacial score (nSPS) is 11.4.